The Morgan fingerprint density at radius 1 is 0.235 bits per heavy atom. The van der Waals surface area contributed by atoms with Crippen LogP contribution in [0.5, 0.6) is 0 Å². The first-order chi connectivity index (χ1) is 40.2. The highest BCUT2D eigenvalue weighted by atomic mass is 15.0. The summed E-state index contributed by atoms with van der Waals surface area (Å²) < 4.78 is 2.36. The summed E-state index contributed by atoms with van der Waals surface area (Å²) in [5.74, 6) is 1.81. The third kappa shape index (κ3) is 7.07. The second-order valence-electron chi connectivity index (χ2n) is 21.4. The van der Waals surface area contributed by atoms with Crippen molar-refractivity contribution in [1.82, 2.24) is 19.5 Å². The normalized spacial score (nSPS) is 13.4. The molecule has 0 unspecified atom stereocenters. The predicted molar refractivity (Wildman–Crippen MR) is 331 cm³/mol. The van der Waals surface area contributed by atoms with Gasteiger partial charge in [-0.2, -0.15) is 0 Å². The van der Waals surface area contributed by atoms with E-state index in [-0.39, 0.29) is 0 Å². The average molecular weight is 1030 g/mol. The fourth-order valence-corrected chi connectivity index (χ4v) is 13.7. The molecule has 0 N–H and O–H groups in total. The van der Waals surface area contributed by atoms with Crippen molar-refractivity contribution in [2.75, 3.05) is 0 Å². The lowest BCUT2D eigenvalue weighted by molar-refractivity contribution is 0.768. The highest BCUT2D eigenvalue weighted by Crippen LogP contribution is 2.58. The Hall–Kier alpha value is -10.6. The van der Waals surface area contributed by atoms with Crippen molar-refractivity contribution in [2.24, 2.45) is 0 Å². The number of hydrogen-bond donors (Lipinski definition) is 0. The molecule has 0 fully saturated rings. The second kappa shape index (κ2) is 18.5. The highest BCUT2D eigenvalue weighted by Gasteiger charge is 2.48. The van der Waals surface area contributed by atoms with Crippen LogP contribution in [-0.2, 0) is 10.8 Å². The minimum absolute atomic E-state index is 0.589. The predicted octanol–water partition coefficient (Wildman–Crippen LogP) is 18.4. The van der Waals surface area contributed by atoms with Gasteiger partial charge < -0.3 is 4.57 Å². The monoisotopic (exact) mass is 1030 g/mol. The number of rotatable bonds is 9. The zero-order valence-electron chi connectivity index (χ0n) is 44.2. The molecule has 12 aromatic carbocycles. The fourth-order valence-electron chi connectivity index (χ4n) is 13.7. The van der Waals surface area contributed by atoms with Gasteiger partial charge in [-0.3, -0.25) is 0 Å². The van der Waals surface area contributed by atoms with Gasteiger partial charge in [-0.25, -0.2) is 15.0 Å². The molecular weight excluding hydrogens is 981 g/mol. The van der Waals surface area contributed by atoms with Gasteiger partial charge in [0.15, 0.2) is 17.5 Å². The minimum Gasteiger partial charge on any atom is -0.309 e. The van der Waals surface area contributed by atoms with E-state index in [0.29, 0.717) is 17.5 Å². The van der Waals surface area contributed by atoms with E-state index in [2.05, 4.69) is 308 Å². The second-order valence-corrected chi connectivity index (χ2v) is 21.4. The lowest BCUT2D eigenvalue weighted by Crippen LogP contribution is -2.28. The molecule has 0 saturated heterocycles. The van der Waals surface area contributed by atoms with E-state index in [1.54, 1.807) is 0 Å². The van der Waals surface area contributed by atoms with Gasteiger partial charge in [0.1, 0.15) is 0 Å². The summed E-state index contributed by atoms with van der Waals surface area (Å²) >= 11 is 0. The molecular formula is C77H50N4. The van der Waals surface area contributed by atoms with Crippen LogP contribution < -0.4 is 0 Å². The summed E-state index contributed by atoms with van der Waals surface area (Å²) in [7, 11) is 0. The molecule has 81 heavy (non-hydrogen) atoms. The molecule has 2 heterocycles. The average Bonchev–Trinajstić information content (AvgIpc) is 3.99. The van der Waals surface area contributed by atoms with Crippen LogP contribution in [0.1, 0.15) is 44.5 Å². The number of hydrogen-bond acceptors (Lipinski definition) is 3. The molecule has 4 heteroatoms. The van der Waals surface area contributed by atoms with Crippen LogP contribution in [0.25, 0.3) is 95.0 Å². The van der Waals surface area contributed by atoms with E-state index in [9.17, 15) is 0 Å². The van der Waals surface area contributed by atoms with Crippen LogP contribution in [0, 0.1) is 0 Å². The Labute approximate surface area is 470 Å². The van der Waals surface area contributed by atoms with Crippen molar-refractivity contribution in [3.63, 3.8) is 0 Å². The first-order valence-corrected chi connectivity index (χ1v) is 27.8. The molecule has 0 atom stereocenters. The molecule has 2 aromatic heterocycles. The first-order valence-electron chi connectivity index (χ1n) is 27.8. The van der Waals surface area contributed by atoms with Crippen molar-refractivity contribution < 1.29 is 0 Å². The summed E-state index contributed by atoms with van der Waals surface area (Å²) in [5.41, 5.74) is 21.9. The molecule has 4 nitrogen and oxygen atoms in total. The van der Waals surface area contributed by atoms with Gasteiger partial charge in [-0.05, 0) is 114 Å². The molecule has 2 aliphatic rings. The van der Waals surface area contributed by atoms with Gasteiger partial charge >= 0.3 is 0 Å². The molecule has 0 spiro atoms. The maximum Gasteiger partial charge on any atom is 0.164 e. The highest BCUT2D eigenvalue weighted by molar-refractivity contribution is 6.09. The van der Waals surface area contributed by atoms with Crippen LogP contribution >= 0.6 is 0 Å². The Kier molecular flexibility index (Phi) is 10.7. The van der Waals surface area contributed by atoms with E-state index >= 15 is 0 Å². The number of benzene rings is 12. The SMILES string of the molecule is c1ccc(C2(c3ccccc3)c3ccccc3-c3ccc(-c4nc(-c5ccc(-c6ccc(-n7c8ccccc8c8ccccc87)cc6)cc5)nc(-c5ccc6c(c5)C(c5ccccc5)(c5ccccc5)c5ccccc5-6)n4)cc32)cc1. The van der Waals surface area contributed by atoms with Crippen molar-refractivity contribution in [3.05, 3.63) is 348 Å². The largest absolute Gasteiger partial charge is 0.309 e. The van der Waals surface area contributed by atoms with Gasteiger partial charge in [0.2, 0.25) is 0 Å². The van der Waals surface area contributed by atoms with Gasteiger partial charge in [0.05, 0.1) is 21.9 Å². The van der Waals surface area contributed by atoms with E-state index in [1.165, 1.54) is 88.6 Å². The Morgan fingerprint density at radius 3 is 0.963 bits per heavy atom. The van der Waals surface area contributed by atoms with E-state index in [1.807, 2.05) is 0 Å². The third-order valence-corrected chi connectivity index (χ3v) is 17.3. The molecule has 14 aromatic rings. The zero-order chi connectivity index (χ0) is 53.5. The van der Waals surface area contributed by atoms with Crippen LogP contribution in [0.4, 0.5) is 0 Å². The fraction of sp³-hybridized carbons (Fsp3) is 0.0260. The summed E-state index contributed by atoms with van der Waals surface area (Å²) in [4.78, 5) is 16.5. The zero-order valence-corrected chi connectivity index (χ0v) is 44.2. The molecule has 0 saturated carbocycles. The quantitative estimate of drug-likeness (QED) is 0.145. The molecule has 0 amide bonds. The third-order valence-electron chi connectivity index (χ3n) is 17.3. The molecule has 378 valence electrons. The lowest BCUT2D eigenvalue weighted by atomic mass is 9.67. The Morgan fingerprint density at radius 2 is 0.543 bits per heavy atom. The van der Waals surface area contributed by atoms with Crippen LogP contribution in [0.2, 0.25) is 0 Å². The minimum atomic E-state index is -0.589. The van der Waals surface area contributed by atoms with Crippen molar-refractivity contribution >= 4 is 21.8 Å². The molecule has 0 aliphatic heterocycles. The first kappa shape index (κ1) is 46.5. The summed E-state index contributed by atoms with van der Waals surface area (Å²) in [6.07, 6.45) is 0. The van der Waals surface area contributed by atoms with Crippen LogP contribution in [0.15, 0.2) is 303 Å². The van der Waals surface area contributed by atoms with Gasteiger partial charge in [-0.15, -0.1) is 0 Å². The van der Waals surface area contributed by atoms with Gasteiger partial charge in [-0.1, -0.05) is 267 Å². The Bertz CT molecular complexity index is 4390. The van der Waals surface area contributed by atoms with Crippen molar-refractivity contribution in [3.8, 4) is 73.2 Å². The van der Waals surface area contributed by atoms with E-state index < -0.39 is 10.8 Å². The van der Waals surface area contributed by atoms with E-state index in [0.717, 1.165) is 33.5 Å². The van der Waals surface area contributed by atoms with E-state index in [4.69, 9.17) is 15.0 Å². The van der Waals surface area contributed by atoms with Crippen LogP contribution in [0.3, 0.4) is 0 Å². The number of aromatic nitrogens is 4. The standard InChI is InChI=1S/C77H50N4/c1-5-21-56(22-6-1)76(57-23-7-2-8-24-57)67-33-17-13-29-61(67)63-47-43-54(49-69(63)76)74-78-73(53-39-37-51(38-40-53)52-41-45-60(46-42-52)81-71-35-19-15-31-65(71)66-32-16-20-36-72(66)81)79-75(80-74)55-44-48-64-62-30-14-18-34-68(62)77(70(64)50-55,58-25-9-3-10-26-58)59-27-11-4-12-28-59/h1-50H. The van der Waals surface area contributed by atoms with Crippen molar-refractivity contribution in [1.29, 1.82) is 0 Å². The number of para-hydroxylation sites is 2. The van der Waals surface area contributed by atoms with Crippen LogP contribution in [-0.4, -0.2) is 19.5 Å². The summed E-state index contributed by atoms with van der Waals surface area (Å²) in [5, 5.41) is 2.50. The van der Waals surface area contributed by atoms with Gasteiger partial charge in [0, 0.05) is 33.2 Å². The summed E-state index contributed by atoms with van der Waals surface area (Å²) in [6.45, 7) is 0. The maximum atomic E-state index is 5.54. The number of fused-ring (bicyclic) bond motifs is 9. The molecule has 16 rings (SSSR count). The smallest absolute Gasteiger partial charge is 0.164 e. The molecule has 0 bridgehead atoms. The molecule has 0 radical (unpaired) electrons. The molecule has 2 aliphatic carbocycles. The van der Waals surface area contributed by atoms with Crippen molar-refractivity contribution in [2.45, 2.75) is 10.8 Å². The lowest BCUT2D eigenvalue weighted by Gasteiger charge is -2.34. The maximum absolute atomic E-state index is 5.54. The van der Waals surface area contributed by atoms with Gasteiger partial charge in [0.25, 0.3) is 0 Å². The topological polar surface area (TPSA) is 43.6 Å². The number of nitrogens with zero attached hydrogens (tertiary/aromatic N) is 4. The summed E-state index contributed by atoms with van der Waals surface area (Å²) in [6, 6.07) is 110. The Balaban J connectivity index is 0.868.